The van der Waals surface area contributed by atoms with Gasteiger partial charge in [-0.2, -0.15) is 0 Å². The summed E-state index contributed by atoms with van der Waals surface area (Å²) in [5.41, 5.74) is 3.95. The number of rotatable bonds is 7. The Bertz CT molecular complexity index is 472. The summed E-state index contributed by atoms with van der Waals surface area (Å²) in [6.45, 7) is 2.26. The topological polar surface area (TPSA) is 50.3 Å². The highest BCUT2D eigenvalue weighted by Gasteiger charge is 2.02. The fourth-order valence-corrected chi connectivity index (χ4v) is 2.14. The Labute approximate surface area is 117 Å². The van der Waals surface area contributed by atoms with Gasteiger partial charge in [-0.3, -0.25) is 0 Å². The molecule has 5 nitrogen and oxygen atoms in total. The van der Waals surface area contributed by atoms with E-state index in [1.54, 1.807) is 18.4 Å². The number of thiazole rings is 1. The zero-order valence-electron chi connectivity index (χ0n) is 11.2. The van der Waals surface area contributed by atoms with E-state index in [4.69, 9.17) is 4.74 Å². The van der Waals surface area contributed by atoms with Crippen LogP contribution in [0.3, 0.4) is 0 Å². The molecule has 0 aromatic carbocycles. The third-order valence-corrected chi connectivity index (χ3v) is 3.39. The lowest BCUT2D eigenvalue weighted by Crippen LogP contribution is -2.22. The fourth-order valence-electron chi connectivity index (χ4n) is 1.58. The zero-order valence-corrected chi connectivity index (χ0v) is 12.0. The molecule has 0 spiro atoms. The van der Waals surface area contributed by atoms with Gasteiger partial charge in [-0.1, -0.05) is 0 Å². The average Bonchev–Trinajstić information content (AvgIpc) is 2.96. The highest BCUT2D eigenvalue weighted by atomic mass is 32.1. The van der Waals surface area contributed by atoms with Crippen molar-refractivity contribution in [3.63, 3.8) is 0 Å². The van der Waals surface area contributed by atoms with Gasteiger partial charge in [0.25, 0.3) is 0 Å². The molecule has 0 atom stereocenters. The van der Waals surface area contributed by atoms with Gasteiger partial charge < -0.3 is 15.0 Å². The molecule has 2 aromatic rings. The maximum atomic E-state index is 5.06. The molecule has 0 amide bonds. The van der Waals surface area contributed by atoms with Gasteiger partial charge in [0.05, 0.1) is 36.2 Å². The van der Waals surface area contributed by atoms with Crippen LogP contribution < -0.4 is 10.2 Å². The largest absolute Gasteiger partial charge is 0.383 e. The molecule has 0 unspecified atom stereocenters. The van der Waals surface area contributed by atoms with Crippen LogP contribution >= 0.6 is 11.3 Å². The van der Waals surface area contributed by atoms with Gasteiger partial charge in [0.1, 0.15) is 5.82 Å². The lowest BCUT2D eigenvalue weighted by molar-refractivity contribution is 0.206. The monoisotopic (exact) mass is 278 g/mol. The van der Waals surface area contributed by atoms with Crippen LogP contribution in [0.15, 0.2) is 29.2 Å². The first-order valence-electron chi connectivity index (χ1n) is 6.06. The van der Waals surface area contributed by atoms with E-state index in [2.05, 4.69) is 20.2 Å². The molecule has 0 saturated heterocycles. The predicted octanol–water partition coefficient (Wildman–Crippen LogP) is 2.23. The molecule has 102 valence electrons. The van der Waals surface area contributed by atoms with E-state index >= 15 is 0 Å². The standard InChI is InChI=1S/C13H18N4OS/c1-17(5-6-18-2)12-3-4-13(15-8-12)14-7-11-9-19-10-16-11/h3-4,8-10H,5-7H2,1-2H3,(H,14,15). The number of aromatic nitrogens is 2. The summed E-state index contributed by atoms with van der Waals surface area (Å²) < 4.78 is 5.06. The van der Waals surface area contributed by atoms with Crippen molar-refractivity contribution in [2.45, 2.75) is 6.54 Å². The first kappa shape index (κ1) is 13.8. The summed E-state index contributed by atoms with van der Waals surface area (Å²) in [4.78, 5) is 10.7. The first-order valence-corrected chi connectivity index (χ1v) is 7.01. The number of nitrogens with zero attached hydrogens (tertiary/aromatic N) is 3. The molecule has 0 aliphatic rings. The second-order valence-electron chi connectivity index (χ2n) is 4.15. The van der Waals surface area contributed by atoms with E-state index in [1.807, 2.05) is 36.3 Å². The van der Waals surface area contributed by atoms with Crippen LogP contribution in [0.5, 0.6) is 0 Å². The van der Waals surface area contributed by atoms with E-state index in [-0.39, 0.29) is 0 Å². The number of ether oxygens (including phenoxy) is 1. The van der Waals surface area contributed by atoms with Gasteiger partial charge in [0.2, 0.25) is 0 Å². The normalized spacial score (nSPS) is 10.4. The van der Waals surface area contributed by atoms with E-state index in [1.165, 1.54) is 0 Å². The number of likely N-dealkylation sites (N-methyl/N-ethyl adjacent to an activating group) is 1. The minimum Gasteiger partial charge on any atom is -0.383 e. The van der Waals surface area contributed by atoms with E-state index < -0.39 is 0 Å². The fraction of sp³-hybridized carbons (Fsp3) is 0.385. The summed E-state index contributed by atoms with van der Waals surface area (Å²) >= 11 is 1.60. The number of pyridine rings is 1. The Balaban J connectivity index is 1.87. The van der Waals surface area contributed by atoms with Crippen LogP contribution in [0.2, 0.25) is 0 Å². The second kappa shape index (κ2) is 7.06. The molecule has 1 N–H and O–H groups in total. The Morgan fingerprint density at radius 1 is 1.37 bits per heavy atom. The number of anilines is 2. The molecule has 19 heavy (non-hydrogen) atoms. The van der Waals surface area contributed by atoms with Crippen LogP contribution in [-0.2, 0) is 11.3 Å². The van der Waals surface area contributed by atoms with E-state index in [0.717, 1.165) is 23.7 Å². The van der Waals surface area contributed by atoms with Crippen molar-refractivity contribution in [2.75, 3.05) is 37.5 Å². The van der Waals surface area contributed by atoms with Gasteiger partial charge in [-0.15, -0.1) is 11.3 Å². The van der Waals surface area contributed by atoms with Gasteiger partial charge in [-0.25, -0.2) is 9.97 Å². The molecule has 0 aliphatic heterocycles. The minimum atomic E-state index is 0.704. The number of nitrogens with one attached hydrogen (secondary N) is 1. The molecule has 0 radical (unpaired) electrons. The number of hydrogen-bond acceptors (Lipinski definition) is 6. The van der Waals surface area contributed by atoms with Crippen LogP contribution in [0.1, 0.15) is 5.69 Å². The summed E-state index contributed by atoms with van der Waals surface area (Å²) in [6, 6.07) is 4.02. The smallest absolute Gasteiger partial charge is 0.126 e. The first-order chi connectivity index (χ1) is 9.29. The summed E-state index contributed by atoms with van der Waals surface area (Å²) in [5.74, 6) is 0.858. The molecule has 2 aromatic heterocycles. The Morgan fingerprint density at radius 2 is 2.26 bits per heavy atom. The Kier molecular flexibility index (Phi) is 5.11. The van der Waals surface area contributed by atoms with Crippen LogP contribution in [0, 0.1) is 0 Å². The van der Waals surface area contributed by atoms with Crippen molar-refractivity contribution in [3.05, 3.63) is 34.9 Å². The molecular weight excluding hydrogens is 260 g/mol. The molecule has 0 fully saturated rings. The van der Waals surface area contributed by atoms with Gasteiger partial charge in [0.15, 0.2) is 0 Å². The van der Waals surface area contributed by atoms with Crippen molar-refractivity contribution in [1.29, 1.82) is 0 Å². The summed E-state index contributed by atoms with van der Waals surface area (Å²) in [5, 5.41) is 5.27. The summed E-state index contributed by atoms with van der Waals surface area (Å²) in [7, 11) is 3.73. The average molecular weight is 278 g/mol. The Morgan fingerprint density at radius 3 is 2.89 bits per heavy atom. The van der Waals surface area contributed by atoms with Gasteiger partial charge in [-0.05, 0) is 12.1 Å². The lowest BCUT2D eigenvalue weighted by Gasteiger charge is -2.18. The molecule has 2 rings (SSSR count). The van der Waals surface area contributed by atoms with E-state index in [0.29, 0.717) is 13.2 Å². The SMILES string of the molecule is COCCN(C)c1ccc(NCc2cscn2)nc1. The quantitative estimate of drug-likeness (QED) is 0.841. The molecule has 0 aliphatic carbocycles. The molecule has 6 heteroatoms. The van der Waals surface area contributed by atoms with Crippen molar-refractivity contribution in [1.82, 2.24) is 9.97 Å². The highest BCUT2D eigenvalue weighted by molar-refractivity contribution is 7.07. The summed E-state index contributed by atoms with van der Waals surface area (Å²) in [6.07, 6.45) is 1.86. The molecule has 2 heterocycles. The van der Waals surface area contributed by atoms with Crippen molar-refractivity contribution < 1.29 is 4.74 Å². The second-order valence-corrected chi connectivity index (χ2v) is 4.87. The van der Waals surface area contributed by atoms with Crippen molar-refractivity contribution >= 4 is 22.8 Å². The zero-order chi connectivity index (χ0) is 13.5. The van der Waals surface area contributed by atoms with Crippen molar-refractivity contribution in [3.8, 4) is 0 Å². The highest BCUT2D eigenvalue weighted by Crippen LogP contribution is 2.14. The van der Waals surface area contributed by atoms with Crippen LogP contribution in [-0.4, -0.2) is 37.3 Å². The molecule has 0 bridgehead atoms. The van der Waals surface area contributed by atoms with Crippen LogP contribution in [0.4, 0.5) is 11.5 Å². The lowest BCUT2D eigenvalue weighted by atomic mass is 10.3. The van der Waals surface area contributed by atoms with E-state index in [9.17, 15) is 0 Å². The number of hydrogen-bond donors (Lipinski definition) is 1. The predicted molar refractivity (Wildman–Crippen MR) is 78.8 cm³/mol. The molecular formula is C13H18N4OS. The maximum absolute atomic E-state index is 5.06. The van der Waals surface area contributed by atoms with Crippen molar-refractivity contribution in [2.24, 2.45) is 0 Å². The third-order valence-electron chi connectivity index (χ3n) is 2.75. The van der Waals surface area contributed by atoms with Gasteiger partial charge in [0, 0.05) is 26.1 Å². The minimum absolute atomic E-state index is 0.704. The maximum Gasteiger partial charge on any atom is 0.126 e. The number of methoxy groups -OCH3 is 1. The molecule has 0 saturated carbocycles. The Hall–Kier alpha value is -1.66. The van der Waals surface area contributed by atoms with Crippen LogP contribution in [0.25, 0.3) is 0 Å². The third kappa shape index (κ3) is 4.18. The van der Waals surface area contributed by atoms with Gasteiger partial charge >= 0.3 is 0 Å².